The fraction of sp³-hybridized carbons (Fsp3) is 0.519. The summed E-state index contributed by atoms with van der Waals surface area (Å²) in [6.45, 7) is 5.03. The summed E-state index contributed by atoms with van der Waals surface area (Å²) in [4.78, 5) is 12.4. The van der Waals surface area contributed by atoms with E-state index >= 15 is 0 Å². The number of carbonyl (C=O) groups is 1. The lowest BCUT2D eigenvalue weighted by Gasteiger charge is -2.28. The number of nitrogens with one attached hydrogen (secondary N) is 2. The van der Waals surface area contributed by atoms with Crippen molar-refractivity contribution < 1.29 is 9.53 Å². The van der Waals surface area contributed by atoms with E-state index in [0.29, 0.717) is 5.56 Å². The molecule has 2 aromatic rings. The van der Waals surface area contributed by atoms with Crippen LogP contribution in [-0.2, 0) is 0 Å². The van der Waals surface area contributed by atoms with E-state index in [1.54, 1.807) is 0 Å². The van der Waals surface area contributed by atoms with Gasteiger partial charge >= 0.3 is 0 Å². The summed E-state index contributed by atoms with van der Waals surface area (Å²) in [6.07, 6.45) is 13.1. The molecule has 1 unspecified atom stereocenters. The first kappa shape index (κ1) is 23.2. The van der Waals surface area contributed by atoms with Gasteiger partial charge in [0.1, 0.15) is 11.9 Å². The maximum Gasteiger partial charge on any atom is 0.255 e. The first-order valence-electron chi connectivity index (χ1n) is 12.1. The Bertz CT molecular complexity index is 816. The molecular weight excluding hydrogens is 384 g/mol. The quantitative estimate of drug-likeness (QED) is 0.337. The van der Waals surface area contributed by atoms with Crippen molar-refractivity contribution in [3.05, 3.63) is 59.2 Å². The Kier molecular flexibility index (Phi) is 9.26. The lowest BCUT2D eigenvalue weighted by Crippen LogP contribution is -2.38. The third-order valence-electron chi connectivity index (χ3n) is 5.98. The number of anilines is 1. The van der Waals surface area contributed by atoms with Crippen molar-refractivity contribution >= 4 is 11.6 Å². The molecule has 31 heavy (non-hydrogen) atoms. The summed E-state index contributed by atoms with van der Waals surface area (Å²) in [6, 6.07) is 13.9. The predicted molar refractivity (Wildman–Crippen MR) is 129 cm³/mol. The van der Waals surface area contributed by atoms with E-state index in [-0.39, 0.29) is 12.1 Å². The first-order chi connectivity index (χ1) is 15.2. The number of ether oxygens (including phenoxy) is 1. The Morgan fingerprint density at radius 1 is 0.806 bits per heavy atom. The number of rotatable bonds is 13. The van der Waals surface area contributed by atoms with E-state index in [4.69, 9.17) is 4.74 Å². The SMILES string of the molecule is CCCCCCCCCCCCOc1ccc(C2NC(=O)c3cc(C)ccc3N2)cc1. The van der Waals surface area contributed by atoms with Crippen molar-refractivity contribution in [2.75, 3.05) is 11.9 Å². The van der Waals surface area contributed by atoms with Gasteiger partial charge in [-0.2, -0.15) is 0 Å². The van der Waals surface area contributed by atoms with Crippen LogP contribution in [0.4, 0.5) is 5.69 Å². The Labute approximate surface area is 187 Å². The Balaban J connectivity index is 1.34. The van der Waals surface area contributed by atoms with E-state index in [1.807, 2.05) is 49.4 Å². The molecule has 0 fully saturated rings. The van der Waals surface area contributed by atoms with Crippen molar-refractivity contribution in [3.63, 3.8) is 0 Å². The second kappa shape index (κ2) is 12.4. The molecule has 0 aliphatic carbocycles. The van der Waals surface area contributed by atoms with Crippen molar-refractivity contribution in [1.29, 1.82) is 0 Å². The molecule has 0 aromatic heterocycles. The molecule has 0 bridgehead atoms. The minimum atomic E-state index is -0.223. The molecule has 4 nitrogen and oxygen atoms in total. The molecule has 0 spiro atoms. The number of fused-ring (bicyclic) bond motifs is 1. The van der Waals surface area contributed by atoms with Gasteiger partial charge in [-0.25, -0.2) is 0 Å². The summed E-state index contributed by atoms with van der Waals surface area (Å²) in [5.74, 6) is 0.849. The van der Waals surface area contributed by atoms with Gasteiger partial charge in [-0.3, -0.25) is 4.79 Å². The molecule has 3 rings (SSSR count). The largest absolute Gasteiger partial charge is 0.494 e. The predicted octanol–water partition coefficient (Wildman–Crippen LogP) is 7.15. The van der Waals surface area contributed by atoms with E-state index < -0.39 is 0 Å². The van der Waals surface area contributed by atoms with Gasteiger partial charge in [-0.05, 0) is 43.2 Å². The van der Waals surface area contributed by atoms with Gasteiger partial charge in [-0.15, -0.1) is 0 Å². The van der Waals surface area contributed by atoms with Crippen LogP contribution in [0.5, 0.6) is 5.75 Å². The third-order valence-corrected chi connectivity index (χ3v) is 5.98. The zero-order chi connectivity index (χ0) is 21.9. The summed E-state index contributed by atoms with van der Waals surface area (Å²) < 4.78 is 5.90. The molecule has 0 saturated carbocycles. The van der Waals surface area contributed by atoms with Gasteiger partial charge in [-0.1, -0.05) is 88.5 Å². The highest BCUT2D eigenvalue weighted by atomic mass is 16.5. The maximum atomic E-state index is 12.4. The first-order valence-corrected chi connectivity index (χ1v) is 12.1. The van der Waals surface area contributed by atoms with Crippen LogP contribution in [0.2, 0.25) is 0 Å². The molecule has 4 heteroatoms. The molecule has 2 aromatic carbocycles. The van der Waals surface area contributed by atoms with Crippen LogP contribution in [0.1, 0.15) is 98.8 Å². The molecule has 1 aliphatic heterocycles. The minimum absolute atomic E-state index is 0.0382. The molecule has 0 radical (unpaired) electrons. The third kappa shape index (κ3) is 7.30. The Morgan fingerprint density at radius 2 is 1.45 bits per heavy atom. The molecule has 1 heterocycles. The normalized spacial score (nSPS) is 15.2. The summed E-state index contributed by atoms with van der Waals surface area (Å²) in [7, 11) is 0. The molecule has 1 amide bonds. The van der Waals surface area contributed by atoms with Crippen molar-refractivity contribution in [2.24, 2.45) is 0 Å². The highest BCUT2D eigenvalue weighted by Crippen LogP contribution is 2.28. The van der Waals surface area contributed by atoms with Crippen molar-refractivity contribution in [1.82, 2.24) is 5.32 Å². The van der Waals surface area contributed by atoms with E-state index in [0.717, 1.165) is 35.6 Å². The standard InChI is InChI=1S/C27H38N2O2/c1-3-4-5-6-7-8-9-10-11-12-19-31-23-16-14-22(15-17-23)26-28-25-18-13-21(2)20-24(25)27(30)29-26/h13-18,20,26,28H,3-12,19H2,1-2H3,(H,29,30). The van der Waals surface area contributed by atoms with E-state index in [9.17, 15) is 4.79 Å². The summed E-state index contributed by atoms with van der Waals surface area (Å²) >= 11 is 0. The smallest absolute Gasteiger partial charge is 0.255 e. The lowest BCUT2D eigenvalue weighted by molar-refractivity contribution is 0.0935. The topological polar surface area (TPSA) is 50.4 Å². The monoisotopic (exact) mass is 422 g/mol. The van der Waals surface area contributed by atoms with Crippen LogP contribution in [0.25, 0.3) is 0 Å². The van der Waals surface area contributed by atoms with Crippen LogP contribution < -0.4 is 15.4 Å². The van der Waals surface area contributed by atoms with Gasteiger partial charge in [0.25, 0.3) is 5.91 Å². The number of amides is 1. The van der Waals surface area contributed by atoms with Crippen LogP contribution in [0.3, 0.4) is 0 Å². The Hall–Kier alpha value is -2.49. The highest BCUT2D eigenvalue weighted by Gasteiger charge is 2.24. The highest BCUT2D eigenvalue weighted by molar-refractivity contribution is 6.01. The second-order valence-corrected chi connectivity index (χ2v) is 8.70. The van der Waals surface area contributed by atoms with Crippen LogP contribution in [0, 0.1) is 6.92 Å². The van der Waals surface area contributed by atoms with Crippen LogP contribution in [0.15, 0.2) is 42.5 Å². The van der Waals surface area contributed by atoms with E-state index in [1.165, 1.54) is 57.8 Å². The van der Waals surface area contributed by atoms with Crippen molar-refractivity contribution in [3.8, 4) is 5.75 Å². The van der Waals surface area contributed by atoms with Crippen LogP contribution >= 0.6 is 0 Å². The van der Waals surface area contributed by atoms with Gasteiger partial charge in [0.15, 0.2) is 0 Å². The minimum Gasteiger partial charge on any atom is -0.494 e. The fourth-order valence-corrected chi connectivity index (χ4v) is 4.07. The number of carbonyl (C=O) groups excluding carboxylic acids is 1. The summed E-state index contributed by atoms with van der Waals surface area (Å²) in [5.41, 5.74) is 3.68. The lowest BCUT2D eigenvalue weighted by atomic mass is 10.0. The van der Waals surface area contributed by atoms with Gasteiger partial charge in [0, 0.05) is 5.69 Å². The van der Waals surface area contributed by atoms with Gasteiger partial charge in [0.05, 0.1) is 12.2 Å². The zero-order valence-corrected chi connectivity index (χ0v) is 19.2. The molecule has 0 saturated heterocycles. The van der Waals surface area contributed by atoms with Gasteiger partial charge in [0.2, 0.25) is 0 Å². The molecule has 2 N–H and O–H groups in total. The average Bonchev–Trinajstić information content (AvgIpc) is 2.78. The number of hydrogen-bond acceptors (Lipinski definition) is 3. The van der Waals surface area contributed by atoms with Crippen molar-refractivity contribution in [2.45, 2.75) is 84.2 Å². The molecule has 168 valence electrons. The molecule has 1 aliphatic rings. The molecule has 1 atom stereocenters. The number of unbranched alkanes of at least 4 members (excludes halogenated alkanes) is 9. The number of hydrogen-bond donors (Lipinski definition) is 2. The molecular formula is C27H38N2O2. The van der Waals surface area contributed by atoms with E-state index in [2.05, 4.69) is 17.6 Å². The summed E-state index contributed by atoms with van der Waals surface area (Å²) in [5, 5.41) is 6.44. The fourth-order valence-electron chi connectivity index (χ4n) is 4.07. The average molecular weight is 423 g/mol. The Morgan fingerprint density at radius 3 is 2.13 bits per heavy atom. The van der Waals surface area contributed by atoms with Crippen LogP contribution in [-0.4, -0.2) is 12.5 Å². The number of benzene rings is 2. The van der Waals surface area contributed by atoms with Gasteiger partial charge < -0.3 is 15.4 Å². The number of aryl methyl sites for hydroxylation is 1. The zero-order valence-electron chi connectivity index (χ0n) is 19.2. The second-order valence-electron chi connectivity index (χ2n) is 8.70. The maximum absolute atomic E-state index is 12.4.